The molecular formula is C12H11N3O4. The monoisotopic (exact) mass is 261 g/mol. The molecule has 0 fully saturated rings. The molecule has 0 aliphatic heterocycles. The van der Waals surface area contributed by atoms with Crippen LogP contribution in [0.2, 0.25) is 0 Å². The summed E-state index contributed by atoms with van der Waals surface area (Å²) in [6.07, 6.45) is 0. The Bertz CT molecular complexity index is 656. The highest BCUT2D eigenvalue weighted by atomic mass is 16.3. The number of phenols is 4. The van der Waals surface area contributed by atoms with Gasteiger partial charge in [-0.1, -0.05) is 6.07 Å². The fourth-order valence-corrected chi connectivity index (χ4v) is 1.39. The van der Waals surface area contributed by atoms with Crippen LogP contribution < -0.4 is 5.73 Å². The molecule has 0 radical (unpaired) electrons. The van der Waals surface area contributed by atoms with Crippen LogP contribution >= 0.6 is 0 Å². The van der Waals surface area contributed by atoms with E-state index in [1.165, 1.54) is 30.3 Å². The summed E-state index contributed by atoms with van der Waals surface area (Å²) in [7, 11) is 0. The lowest BCUT2D eigenvalue weighted by Gasteiger charge is -2.04. The van der Waals surface area contributed by atoms with Crippen LogP contribution in [0.1, 0.15) is 0 Å². The first-order valence-corrected chi connectivity index (χ1v) is 5.24. The van der Waals surface area contributed by atoms with Crippen LogP contribution in [0, 0.1) is 0 Å². The molecule has 0 amide bonds. The van der Waals surface area contributed by atoms with Gasteiger partial charge in [-0.3, -0.25) is 0 Å². The van der Waals surface area contributed by atoms with Gasteiger partial charge in [0.15, 0.2) is 28.7 Å². The summed E-state index contributed by atoms with van der Waals surface area (Å²) in [6.45, 7) is 0. The molecule has 0 saturated carbocycles. The standard InChI is InChI=1S/C12H11N3O4/c13-6-4-5-9(17)12(19)10(6)15-14-7-2-1-3-8(16)11(7)18/h1-5,16-19H,13H2. The highest BCUT2D eigenvalue weighted by Crippen LogP contribution is 2.42. The average Bonchev–Trinajstić information content (AvgIpc) is 2.39. The van der Waals surface area contributed by atoms with Crippen LogP contribution in [0.4, 0.5) is 17.1 Å². The maximum Gasteiger partial charge on any atom is 0.187 e. The quantitative estimate of drug-likeness (QED) is 0.245. The number of benzene rings is 2. The Labute approximate surface area is 107 Å². The van der Waals surface area contributed by atoms with Crippen LogP contribution in [-0.4, -0.2) is 20.4 Å². The normalized spacial score (nSPS) is 10.9. The Morgan fingerprint density at radius 3 is 2.21 bits per heavy atom. The highest BCUT2D eigenvalue weighted by molar-refractivity contribution is 5.73. The van der Waals surface area contributed by atoms with Gasteiger partial charge < -0.3 is 26.2 Å². The van der Waals surface area contributed by atoms with Gasteiger partial charge in [0, 0.05) is 0 Å². The zero-order valence-corrected chi connectivity index (χ0v) is 9.65. The van der Waals surface area contributed by atoms with Gasteiger partial charge in [-0.2, -0.15) is 0 Å². The van der Waals surface area contributed by atoms with Crippen molar-refractivity contribution in [1.82, 2.24) is 0 Å². The molecule has 7 heteroatoms. The third-order valence-electron chi connectivity index (χ3n) is 2.41. The van der Waals surface area contributed by atoms with E-state index in [9.17, 15) is 20.4 Å². The lowest BCUT2D eigenvalue weighted by atomic mass is 10.2. The van der Waals surface area contributed by atoms with Gasteiger partial charge in [-0.25, -0.2) is 0 Å². The predicted molar refractivity (Wildman–Crippen MR) is 68.1 cm³/mol. The first-order chi connectivity index (χ1) is 9.00. The zero-order valence-electron chi connectivity index (χ0n) is 9.65. The molecule has 0 spiro atoms. The molecule has 2 rings (SSSR count). The van der Waals surface area contributed by atoms with E-state index in [4.69, 9.17) is 5.73 Å². The number of aromatic hydroxyl groups is 4. The fraction of sp³-hybridized carbons (Fsp3) is 0. The van der Waals surface area contributed by atoms with Crippen LogP contribution in [-0.2, 0) is 0 Å². The molecule has 7 nitrogen and oxygen atoms in total. The van der Waals surface area contributed by atoms with Gasteiger partial charge >= 0.3 is 0 Å². The Morgan fingerprint density at radius 1 is 0.789 bits per heavy atom. The van der Waals surface area contributed by atoms with Crippen molar-refractivity contribution >= 4 is 17.1 Å². The van der Waals surface area contributed by atoms with E-state index in [1.807, 2.05) is 0 Å². The minimum atomic E-state index is -0.511. The van der Waals surface area contributed by atoms with Gasteiger partial charge in [0.25, 0.3) is 0 Å². The van der Waals surface area contributed by atoms with Gasteiger partial charge in [-0.15, -0.1) is 10.2 Å². The number of nitrogens with two attached hydrogens (primary N) is 1. The first kappa shape index (κ1) is 12.5. The number of azo groups is 1. The largest absolute Gasteiger partial charge is 0.504 e. The van der Waals surface area contributed by atoms with Gasteiger partial charge in [0.2, 0.25) is 0 Å². The van der Waals surface area contributed by atoms with E-state index in [2.05, 4.69) is 10.2 Å². The Hall–Kier alpha value is -2.96. The maximum atomic E-state index is 9.58. The molecule has 19 heavy (non-hydrogen) atoms. The summed E-state index contributed by atoms with van der Waals surface area (Å²) in [5.74, 6) is -1.68. The molecular weight excluding hydrogens is 250 g/mol. The van der Waals surface area contributed by atoms with Crippen molar-refractivity contribution in [3.05, 3.63) is 30.3 Å². The second kappa shape index (κ2) is 4.73. The highest BCUT2D eigenvalue weighted by Gasteiger charge is 2.10. The van der Waals surface area contributed by atoms with E-state index < -0.39 is 11.5 Å². The third kappa shape index (κ3) is 2.34. The summed E-state index contributed by atoms with van der Waals surface area (Å²) in [5.41, 5.74) is 5.58. The first-order valence-electron chi connectivity index (χ1n) is 5.24. The molecule has 0 aliphatic carbocycles. The molecule has 2 aromatic rings. The van der Waals surface area contributed by atoms with E-state index in [0.717, 1.165) is 0 Å². The summed E-state index contributed by atoms with van der Waals surface area (Å²) < 4.78 is 0. The van der Waals surface area contributed by atoms with Gasteiger partial charge in [0.05, 0.1) is 5.69 Å². The molecule has 0 bridgehead atoms. The molecule has 0 aliphatic rings. The van der Waals surface area contributed by atoms with Crippen molar-refractivity contribution in [2.75, 3.05) is 5.73 Å². The Morgan fingerprint density at radius 2 is 1.47 bits per heavy atom. The topological polar surface area (TPSA) is 132 Å². The SMILES string of the molecule is Nc1ccc(O)c(O)c1N=Nc1cccc(O)c1O. The summed E-state index contributed by atoms with van der Waals surface area (Å²) >= 11 is 0. The molecule has 0 heterocycles. The predicted octanol–water partition coefficient (Wildman–Crippen LogP) is 2.51. The summed E-state index contributed by atoms with van der Waals surface area (Å²) in [4.78, 5) is 0. The smallest absolute Gasteiger partial charge is 0.187 e. The van der Waals surface area contributed by atoms with Crippen molar-refractivity contribution in [3.63, 3.8) is 0 Å². The lowest BCUT2D eigenvalue weighted by molar-refractivity contribution is 0.403. The van der Waals surface area contributed by atoms with Crippen molar-refractivity contribution in [2.24, 2.45) is 10.2 Å². The Kier molecular flexibility index (Phi) is 3.11. The summed E-state index contributed by atoms with van der Waals surface area (Å²) in [5, 5.41) is 45.0. The number of rotatable bonds is 2. The van der Waals surface area contributed by atoms with Crippen molar-refractivity contribution in [2.45, 2.75) is 0 Å². The molecule has 0 unspecified atom stereocenters. The van der Waals surface area contributed by atoms with Crippen LogP contribution in [0.25, 0.3) is 0 Å². The third-order valence-corrected chi connectivity index (χ3v) is 2.41. The molecule has 6 N–H and O–H groups in total. The minimum Gasteiger partial charge on any atom is -0.504 e. The number of anilines is 1. The number of hydrogen-bond donors (Lipinski definition) is 5. The number of nitrogens with zero attached hydrogens (tertiary/aromatic N) is 2. The molecule has 2 aromatic carbocycles. The minimum absolute atomic E-state index is 0.00198. The van der Waals surface area contributed by atoms with Crippen LogP contribution in [0.3, 0.4) is 0 Å². The van der Waals surface area contributed by atoms with E-state index in [0.29, 0.717) is 0 Å². The summed E-state index contributed by atoms with van der Waals surface area (Å²) in [6, 6.07) is 6.74. The lowest BCUT2D eigenvalue weighted by Crippen LogP contribution is -1.85. The average molecular weight is 261 g/mol. The van der Waals surface area contributed by atoms with E-state index in [1.54, 1.807) is 0 Å². The fourth-order valence-electron chi connectivity index (χ4n) is 1.39. The molecule has 0 saturated heterocycles. The van der Waals surface area contributed by atoms with E-state index in [-0.39, 0.29) is 28.6 Å². The van der Waals surface area contributed by atoms with E-state index >= 15 is 0 Å². The van der Waals surface area contributed by atoms with Gasteiger partial charge in [0.1, 0.15) is 5.69 Å². The Balaban J connectivity index is 2.44. The molecule has 98 valence electrons. The number of hydrogen-bond acceptors (Lipinski definition) is 7. The molecule has 0 atom stereocenters. The second-order valence-corrected chi connectivity index (χ2v) is 3.72. The number of nitrogen functional groups attached to an aromatic ring is 1. The van der Waals surface area contributed by atoms with Gasteiger partial charge in [-0.05, 0) is 24.3 Å². The van der Waals surface area contributed by atoms with Crippen LogP contribution in [0.5, 0.6) is 23.0 Å². The van der Waals surface area contributed by atoms with Crippen molar-refractivity contribution < 1.29 is 20.4 Å². The second-order valence-electron chi connectivity index (χ2n) is 3.72. The number of phenolic OH excluding ortho intramolecular Hbond substituents is 4. The van der Waals surface area contributed by atoms with Crippen LogP contribution in [0.15, 0.2) is 40.6 Å². The number of para-hydroxylation sites is 1. The maximum absolute atomic E-state index is 9.58. The van der Waals surface area contributed by atoms with Crippen molar-refractivity contribution in [3.8, 4) is 23.0 Å². The zero-order chi connectivity index (χ0) is 14.0. The van der Waals surface area contributed by atoms with Crippen molar-refractivity contribution in [1.29, 1.82) is 0 Å². The molecule has 0 aromatic heterocycles.